The van der Waals surface area contributed by atoms with Crippen molar-refractivity contribution >= 4 is 26.9 Å². The molecule has 0 rings (SSSR count). The maximum absolute atomic E-state index is 5.75. The maximum atomic E-state index is 5.75. The van der Waals surface area contributed by atoms with E-state index in [1.165, 1.54) is 6.42 Å². The first-order valence-electron chi connectivity index (χ1n) is 9.71. The fraction of sp³-hybridized carbons (Fsp3) is 0.455. The normalized spacial score (nSPS) is 16.0. The SMILES string of the molecule is CCC=CCC=CCC(C=CC=CC=CC(CC=CCCC)OP)OPP. The highest BCUT2D eigenvalue weighted by Gasteiger charge is 2.00. The molecule has 0 amide bonds. The third-order valence-electron chi connectivity index (χ3n) is 3.58. The van der Waals surface area contributed by atoms with Gasteiger partial charge in [0, 0.05) is 18.0 Å². The predicted molar refractivity (Wildman–Crippen MR) is 131 cm³/mol. The van der Waals surface area contributed by atoms with Crippen LogP contribution in [0.25, 0.3) is 0 Å². The van der Waals surface area contributed by atoms with Crippen LogP contribution in [-0.2, 0) is 9.05 Å². The lowest BCUT2D eigenvalue weighted by Crippen LogP contribution is -2.01. The Kier molecular flexibility index (Phi) is 21.7. The van der Waals surface area contributed by atoms with Crippen LogP contribution >= 0.6 is 26.9 Å². The Bertz CT molecular complexity index is 494. The van der Waals surface area contributed by atoms with Crippen LogP contribution in [0.3, 0.4) is 0 Å². The highest BCUT2D eigenvalue weighted by molar-refractivity contribution is 8.00. The zero-order valence-corrected chi connectivity index (χ0v) is 20.1. The van der Waals surface area contributed by atoms with Crippen LogP contribution < -0.4 is 0 Å². The van der Waals surface area contributed by atoms with Crippen molar-refractivity contribution in [1.29, 1.82) is 0 Å². The van der Waals surface area contributed by atoms with Crippen LogP contribution in [0.2, 0.25) is 0 Å². The van der Waals surface area contributed by atoms with E-state index in [4.69, 9.17) is 9.05 Å². The van der Waals surface area contributed by atoms with Gasteiger partial charge in [-0.15, -0.1) is 0 Å². The molecule has 5 heteroatoms. The molecule has 0 bridgehead atoms. The molecule has 5 unspecified atom stereocenters. The first-order valence-corrected chi connectivity index (χ1v) is 12.9. The number of rotatable bonds is 16. The molecule has 0 saturated carbocycles. The summed E-state index contributed by atoms with van der Waals surface area (Å²) >= 11 is 0. The van der Waals surface area contributed by atoms with Crippen molar-refractivity contribution in [2.75, 3.05) is 0 Å². The molecule has 152 valence electrons. The molecule has 0 saturated heterocycles. The summed E-state index contributed by atoms with van der Waals surface area (Å²) in [5.41, 5.74) is 0. The van der Waals surface area contributed by atoms with Gasteiger partial charge >= 0.3 is 0 Å². The molecule has 0 radical (unpaired) electrons. The standard InChI is InChI=1S/C22H37O2P3/c1-3-5-7-9-10-15-19-22(24-27-26)20-16-12-11-14-18-21(23-25)17-13-8-6-4-2/h5,7-8,10-16,18,20-22,27H,3-4,6,9,17,19,25-26H2,1-2H3. The van der Waals surface area contributed by atoms with E-state index in [-0.39, 0.29) is 12.2 Å². The molecular formula is C22H37O2P3. The summed E-state index contributed by atoms with van der Waals surface area (Å²) in [6.07, 6.45) is 31.9. The highest BCUT2D eigenvalue weighted by atomic mass is 32.0. The lowest BCUT2D eigenvalue weighted by molar-refractivity contribution is 0.296. The molecule has 0 N–H and O–H groups in total. The molecule has 0 aromatic rings. The minimum Gasteiger partial charge on any atom is -0.358 e. The Labute approximate surface area is 173 Å². The fourth-order valence-corrected chi connectivity index (χ4v) is 3.20. The highest BCUT2D eigenvalue weighted by Crippen LogP contribution is 2.25. The molecule has 0 heterocycles. The van der Waals surface area contributed by atoms with Crippen LogP contribution in [-0.4, -0.2) is 12.2 Å². The molecule has 0 spiro atoms. The van der Waals surface area contributed by atoms with Gasteiger partial charge in [0.25, 0.3) is 0 Å². The Morgan fingerprint density at radius 1 is 0.815 bits per heavy atom. The van der Waals surface area contributed by atoms with E-state index in [0.29, 0.717) is 8.50 Å². The second-order valence-corrected chi connectivity index (χ2v) is 7.37. The summed E-state index contributed by atoms with van der Waals surface area (Å²) in [6, 6.07) is 0. The van der Waals surface area contributed by atoms with Crippen LogP contribution in [0, 0.1) is 0 Å². The first kappa shape index (κ1) is 26.6. The van der Waals surface area contributed by atoms with E-state index in [1.807, 2.05) is 24.3 Å². The Balaban J connectivity index is 4.30. The van der Waals surface area contributed by atoms with Gasteiger partial charge in [-0.05, 0) is 32.1 Å². The van der Waals surface area contributed by atoms with Gasteiger partial charge in [-0.2, -0.15) is 0 Å². The average molecular weight is 426 g/mol. The zero-order valence-electron chi connectivity index (χ0n) is 16.8. The van der Waals surface area contributed by atoms with E-state index in [0.717, 1.165) is 32.1 Å². The number of unbranched alkanes of at least 4 members (excludes halogenated alkanes) is 1. The van der Waals surface area contributed by atoms with E-state index in [2.05, 4.69) is 80.9 Å². The van der Waals surface area contributed by atoms with Crippen molar-refractivity contribution < 1.29 is 9.05 Å². The Morgan fingerprint density at radius 3 is 2.07 bits per heavy atom. The third kappa shape index (κ3) is 18.8. The van der Waals surface area contributed by atoms with Crippen molar-refractivity contribution in [2.45, 2.75) is 64.6 Å². The molecule has 5 atom stereocenters. The molecule has 0 aliphatic carbocycles. The van der Waals surface area contributed by atoms with Crippen LogP contribution in [0.15, 0.2) is 72.9 Å². The molecule has 0 aliphatic rings. The summed E-state index contributed by atoms with van der Waals surface area (Å²) in [4.78, 5) is 0. The van der Waals surface area contributed by atoms with Gasteiger partial charge in [0.15, 0.2) is 0 Å². The maximum Gasteiger partial charge on any atom is 0.0836 e. The van der Waals surface area contributed by atoms with Crippen LogP contribution in [0.4, 0.5) is 0 Å². The van der Waals surface area contributed by atoms with Crippen molar-refractivity contribution in [3.63, 3.8) is 0 Å². The molecule has 0 aliphatic heterocycles. The van der Waals surface area contributed by atoms with Gasteiger partial charge in [0.2, 0.25) is 0 Å². The number of allylic oxidation sites excluding steroid dienone is 8. The number of hydrogen-bond donors (Lipinski definition) is 0. The molecule has 27 heavy (non-hydrogen) atoms. The summed E-state index contributed by atoms with van der Waals surface area (Å²) in [7, 11) is 5.40. The Hall–Kier alpha value is -0.350. The monoisotopic (exact) mass is 426 g/mol. The van der Waals surface area contributed by atoms with Crippen molar-refractivity contribution in [3.05, 3.63) is 72.9 Å². The lowest BCUT2D eigenvalue weighted by atomic mass is 10.2. The second kappa shape index (κ2) is 21.9. The first-order chi connectivity index (χ1) is 13.3. The van der Waals surface area contributed by atoms with Gasteiger partial charge in [0.1, 0.15) is 0 Å². The average Bonchev–Trinajstić information content (AvgIpc) is 2.68. The van der Waals surface area contributed by atoms with Crippen molar-refractivity contribution in [1.82, 2.24) is 0 Å². The van der Waals surface area contributed by atoms with Crippen molar-refractivity contribution in [2.24, 2.45) is 0 Å². The molecule has 0 fully saturated rings. The third-order valence-corrected chi connectivity index (χ3v) is 4.78. The second-order valence-electron chi connectivity index (χ2n) is 5.92. The van der Waals surface area contributed by atoms with Crippen LogP contribution in [0.1, 0.15) is 52.4 Å². The summed E-state index contributed by atoms with van der Waals surface area (Å²) in [5, 5.41) is 0. The lowest BCUT2D eigenvalue weighted by Gasteiger charge is -2.09. The minimum absolute atomic E-state index is 0.0954. The van der Waals surface area contributed by atoms with Gasteiger partial charge in [-0.3, -0.25) is 0 Å². The topological polar surface area (TPSA) is 18.5 Å². The van der Waals surface area contributed by atoms with Gasteiger partial charge in [-0.1, -0.05) is 102 Å². The number of hydrogen-bond acceptors (Lipinski definition) is 2. The van der Waals surface area contributed by atoms with Gasteiger partial charge < -0.3 is 9.05 Å². The largest absolute Gasteiger partial charge is 0.358 e. The molecule has 0 aromatic carbocycles. The van der Waals surface area contributed by atoms with E-state index in [9.17, 15) is 0 Å². The van der Waals surface area contributed by atoms with Crippen molar-refractivity contribution in [3.8, 4) is 0 Å². The summed E-state index contributed by atoms with van der Waals surface area (Å²) in [5.74, 6) is 0. The minimum atomic E-state index is 0.0954. The summed E-state index contributed by atoms with van der Waals surface area (Å²) in [6.45, 7) is 4.33. The Morgan fingerprint density at radius 2 is 1.44 bits per heavy atom. The van der Waals surface area contributed by atoms with E-state index in [1.54, 1.807) is 0 Å². The zero-order chi connectivity index (χ0) is 20.0. The van der Waals surface area contributed by atoms with Gasteiger partial charge in [0.05, 0.1) is 12.2 Å². The van der Waals surface area contributed by atoms with E-state index < -0.39 is 0 Å². The molecule has 0 aromatic heterocycles. The van der Waals surface area contributed by atoms with E-state index >= 15 is 0 Å². The van der Waals surface area contributed by atoms with Crippen LogP contribution in [0.5, 0.6) is 0 Å². The molecular weight excluding hydrogens is 389 g/mol. The summed E-state index contributed by atoms with van der Waals surface area (Å²) < 4.78 is 11.1. The molecule has 2 nitrogen and oxygen atoms in total. The predicted octanol–water partition coefficient (Wildman–Crippen LogP) is 7.65. The smallest absolute Gasteiger partial charge is 0.0836 e. The fourth-order valence-electron chi connectivity index (χ4n) is 2.12. The quantitative estimate of drug-likeness (QED) is 0.143. The van der Waals surface area contributed by atoms with Gasteiger partial charge in [-0.25, -0.2) is 0 Å².